The van der Waals surface area contributed by atoms with E-state index in [-0.39, 0.29) is 12.4 Å². The summed E-state index contributed by atoms with van der Waals surface area (Å²) in [6.07, 6.45) is 1.74. The van der Waals surface area contributed by atoms with Gasteiger partial charge >= 0.3 is 5.97 Å². The zero-order chi connectivity index (χ0) is 21.1. The van der Waals surface area contributed by atoms with Crippen LogP contribution in [0.1, 0.15) is 16.0 Å². The molecule has 0 bridgehead atoms. The number of hydrogen-bond donors (Lipinski definition) is 1. The van der Waals surface area contributed by atoms with Crippen molar-refractivity contribution < 1.29 is 28.5 Å². The Morgan fingerprint density at radius 3 is 2.70 bits per heavy atom. The third kappa shape index (κ3) is 4.21. The Morgan fingerprint density at radius 1 is 1.27 bits per heavy atom. The SMILES string of the molecule is Cc1c(F)cccc1-c1ncc(COc2ccc(C3(OCC(=O)O)COC3)cc2)s1. The Hall–Kier alpha value is -2.81. The molecule has 0 atom stereocenters. The Morgan fingerprint density at radius 2 is 2.03 bits per heavy atom. The third-order valence-corrected chi connectivity index (χ3v) is 5.96. The number of ether oxygens (including phenoxy) is 3. The van der Waals surface area contributed by atoms with Crippen molar-refractivity contribution in [1.29, 1.82) is 0 Å². The van der Waals surface area contributed by atoms with Gasteiger partial charge in [0.1, 0.15) is 35.4 Å². The highest BCUT2D eigenvalue weighted by Gasteiger charge is 2.42. The molecule has 0 aliphatic carbocycles. The van der Waals surface area contributed by atoms with E-state index in [9.17, 15) is 9.18 Å². The summed E-state index contributed by atoms with van der Waals surface area (Å²) in [7, 11) is 0. The summed E-state index contributed by atoms with van der Waals surface area (Å²) in [6, 6.07) is 12.3. The average Bonchev–Trinajstić information content (AvgIpc) is 3.17. The maximum absolute atomic E-state index is 13.8. The number of thiazole rings is 1. The van der Waals surface area contributed by atoms with E-state index in [1.807, 2.05) is 30.3 Å². The molecule has 0 spiro atoms. The summed E-state index contributed by atoms with van der Waals surface area (Å²) in [5, 5.41) is 9.61. The first-order valence-corrected chi connectivity index (χ1v) is 10.2. The van der Waals surface area contributed by atoms with Crippen LogP contribution >= 0.6 is 11.3 Å². The smallest absolute Gasteiger partial charge is 0.329 e. The zero-order valence-corrected chi connectivity index (χ0v) is 17.1. The number of hydrogen-bond acceptors (Lipinski definition) is 6. The number of halogens is 1. The summed E-state index contributed by atoms with van der Waals surface area (Å²) in [4.78, 5) is 16.1. The first-order valence-electron chi connectivity index (χ1n) is 9.34. The van der Waals surface area contributed by atoms with Crippen molar-refractivity contribution in [3.05, 3.63) is 70.5 Å². The second-order valence-electron chi connectivity index (χ2n) is 7.03. The van der Waals surface area contributed by atoms with Gasteiger partial charge in [-0.25, -0.2) is 14.2 Å². The molecule has 2 aromatic carbocycles. The highest BCUT2D eigenvalue weighted by atomic mass is 32.1. The molecule has 0 unspecified atom stereocenters. The van der Waals surface area contributed by atoms with Gasteiger partial charge in [0.2, 0.25) is 0 Å². The van der Waals surface area contributed by atoms with Crippen molar-refractivity contribution >= 4 is 17.3 Å². The highest BCUT2D eigenvalue weighted by molar-refractivity contribution is 7.15. The first-order chi connectivity index (χ1) is 14.5. The van der Waals surface area contributed by atoms with Gasteiger partial charge in [-0.1, -0.05) is 24.3 Å². The molecular weight excluding hydrogens is 409 g/mol. The van der Waals surface area contributed by atoms with Crippen LogP contribution in [-0.2, 0) is 26.5 Å². The van der Waals surface area contributed by atoms with Crippen LogP contribution in [0.2, 0.25) is 0 Å². The van der Waals surface area contributed by atoms with Gasteiger partial charge in [0.05, 0.1) is 18.1 Å². The van der Waals surface area contributed by atoms with Crippen molar-refractivity contribution in [2.24, 2.45) is 0 Å². The summed E-state index contributed by atoms with van der Waals surface area (Å²) < 4.78 is 30.4. The van der Waals surface area contributed by atoms with Crippen LogP contribution in [0.3, 0.4) is 0 Å². The number of aromatic nitrogens is 1. The number of nitrogens with zero attached hydrogens (tertiary/aromatic N) is 1. The minimum absolute atomic E-state index is 0.248. The van der Waals surface area contributed by atoms with Crippen LogP contribution in [-0.4, -0.2) is 35.9 Å². The van der Waals surface area contributed by atoms with Crippen LogP contribution < -0.4 is 4.74 Å². The maximum atomic E-state index is 13.8. The van der Waals surface area contributed by atoms with Crippen molar-refractivity contribution in [3.8, 4) is 16.3 Å². The predicted molar refractivity (Wildman–Crippen MR) is 109 cm³/mol. The van der Waals surface area contributed by atoms with Gasteiger partial charge in [0.15, 0.2) is 0 Å². The lowest BCUT2D eigenvalue weighted by molar-refractivity contribution is -0.220. The van der Waals surface area contributed by atoms with Crippen molar-refractivity contribution in [1.82, 2.24) is 4.98 Å². The third-order valence-electron chi connectivity index (χ3n) is 4.96. The van der Waals surface area contributed by atoms with Crippen molar-refractivity contribution in [2.75, 3.05) is 19.8 Å². The molecule has 8 heteroatoms. The molecule has 6 nitrogen and oxygen atoms in total. The zero-order valence-electron chi connectivity index (χ0n) is 16.3. The lowest BCUT2D eigenvalue weighted by Gasteiger charge is -2.41. The van der Waals surface area contributed by atoms with Gasteiger partial charge in [0.25, 0.3) is 0 Å². The van der Waals surface area contributed by atoms with Crippen molar-refractivity contribution in [3.63, 3.8) is 0 Å². The Bertz CT molecular complexity index is 1050. The van der Waals surface area contributed by atoms with Gasteiger partial charge in [-0.2, -0.15) is 0 Å². The van der Waals surface area contributed by atoms with Gasteiger partial charge in [-0.3, -0.25) is 0 Å². The van der Waals surface area contributed by atoms with E-state index < -0.39 is 11.6 Å². The Balaban J connectivity index is 1.40. The molecule has 4 rings (SSSR count). The molecule has 1 aromatic heterocycles. The molecule has 3 aromatic rings. The molecule has 0 amide bonds. The van der Waals surface area contributed by atoms with E-state index in [1.165, 1.54) is 17.4 Å². The summed E-state index contributed by atoms with van der Waals surface area (Å²) >= 11 is 1.46. The van der Waals surface area contributed by atoms with E-state index in [1.54, 1.807) is 19.2 Å². The number of benzene rings is 2. The average molecular weight is 429 g/mol. The van der Waals surface area contributed by atoms with E-state index in [2.05, 4.69) is 4.98 Å². The van der Waals surface area contributed by atoms with Crippen LogP contribution in [0.15, 0.2) is 48.7 Å². The highest BCUT2D eigenvalue weighted by Crippen LogP contribution is 2.35. The lowest BCUT2D eigenvalue weighted by Crippen LogP contribution is -2.49. The lowest BCUT2D eigenvalue weighted by atomic mass is 9.91. The monoisotopic (exact) mass is 429 g/mol. The first kappa shape index (κ1) is 20.5. The largest absolute Gasteiger partial charge is 0.488 e. The Kier molecular flexibility index (Phi) is 5.80. The normalized spacial score (nSPS) is 14.9. The van der Waals surface area contributed by atoms with Crippen LogP contribution in [0.5, 0.6) is 5.75 Å². The standard InChI is InChI=1S/C22H20FNO5S/c1-14-18(3-2-4-19(14)23)21-24-9-17(30-21)10-28-16-7-5-15(6-8-16)22(12-27-13-22)29-11-20(25)26/h2-9H,10-13H2,1H3,(H,25,26). The molecule has 1 aliphatic heterocycles. The molecule has 1 saturated heterocycles. The number of aliphatic carboxylic acids is 1. The molecule has 0 radical (unpaired) electrons. The molecule has 1 aliphatic rings. The molecule has 1 fully saturated rings. The molecule has 1 N–H and O–H groups in total. The molecular formula is C22H20FNO5S. The maximum Gasteiger partial charge on any atom is 0.329 e. The fraction of sp³-hybridized carbons (Fsp3) is 0.273. The molecule has 2 heterocycles. The van der Waals surface area contributed by atoms with E-state index in [4.69, 9.17) is 19.3 Å². The minimum Gasteiger partial charge on any atom is -0.488 e. The van der Waals surface area contributed by atoms with Gasteiger partial charge < -0.3 is 19.3 Å². The number of carbonyl (C=O) groups is 1. The minimum atomic E-state index is -1.02. The second-order valence-corrected chi connectivity index (χ2v) is 8.14. The van der Waals surface area contributed by atoms with Gasteiger partial charge in [-0.15, -0.1) is 11.3 Å². The van der Waals surface area contributed by atoms with Crippen molar-refractivity contribution in [2.45, 2.75) is 19.1 Å². The molecule has 30 heavy (non-hydrogen) atoms. The number of rotatable bonds is 8. The quantitative estimate of drug-likeness (QED) is 0.579. The fourth-order valence-electron chi connectivity index (χ4n) is 3.17. The van der Waals surface area contributed by atoms with Gasteiger partial charge in [0, 0.05) is 11.8 Å². The fourth-order valence-corrected chi connectivity index (χ4v) is 4.08. The summed E-state index contributed by atoms with van der Waals surface area (Å²) in [5.41, 5.74) is 1.50. The number of carboxylic acids is 1. The second kappa shape index (κ2) is 8.51. The van der Waals surface area contributed by atoms with Crippen LogP contribution in [0.4, 0.5) is 4.39 Å². The predicted octanol–water partition coefficient (Wildman–Crippen LogP) is 4.16. The topological polar surface area (TPSA) is 77.9 Å². The van der Waals surface area contributed by atoms with Gasteiger partial charge in [-0.05, 0) is 36.2 Å². The molecule has 0 saturated carbocycles. The van der Waals surface area contributed by atoms with E-state index in [0.717, 1.165) is 21.0 Å². The number of carboxylic acid groups (broad SMARTS) is 1. The Labute approximate surface area is 176 Å². The summed E-state index contributed by atoms with van der Waals surface area (Å²) in [5.74, 6) is -0.592. The van der Waals surface area contributed by atoms with E-state index >= 15 is 0 Å². The summed E-state index contributed by atoms with van der Waals surface area (Å²) in [6.45, 7) is 2.35. The molecule has 156 valence electrons. The van der Waals surface area contributed by atoms with Crippen LogP contribution in [0.25, 0.3) is 10.6 Å². The van der Waals surface area contributed by atoms with E-state index in [0.29, 0.717) is 31.1 Å². The van der Waals surface area contributed by atoms with Crippen LogP contribution in [0, 0.1) is 12.7 Å².